The molecule has 0 radical (unpaired) electrons. The second kappa shape index (κ2) is 53.5. The van der Waals surface area contributed by atoms with Gasteiger partial charge in [-0.25, -0.2) is 4.79 Å². The predicted octanol–water partition coefficient (Wildman–Crippen LogP) is 15.8. The van der Waals surface area contributed by atoms with Gasteiger partial charge in [0.25, 0.3) is 0 Å². The molecule has 0 aromatic rings. The van der Waals surface area contributed by atoms with E-state index in [4.69, 9.17) is 23.7 Å². The summed E-state index contributed by atoms with van der Waals surface area (Å²) in [5, 5.41) is 31.5. The topological polar surface area (TPSA) is 175 Å². The average molecular weight is 1100 g/mol. The number of rotatable bonds is 49. The number of aliphatic carboxylic acids is 1. The lowest BCUT2D eigenvalue weighted by atomic mass is 9.98. The summed E-state index contributed by atoms with van der Waals surface area (Å²) in [7, 11) is 0. The molecule has 6 unspecified atom stereocenters. The van der Waals surface area contributed by atoms with Crippen LogP contribution in [0.25, 0.3) is 0 Å². The number of aliphatic hydroxyl groups is 2. The van der Waals surface area contributed by atoms with Gasteiger partial charge in [0.15, 0.2) is 24.6 Å². The highest BCUT2D eigenvalue weighted by atomic mass is 16.7. The van der Waals surface area contributed by atoms with Gasteiger partial charge in [0.05, 0.1) is 13.0 Å². The minimum Gasteiger partial charge on any atom is -0.479 e. The fraction of sp³-hybridized carbons (Fsp3) is 0.612. The van der Waals surface area contributed by atoms with Crippen molar-refractivity contribution in [3.63, 3.8) is 0 Å². The van der Waals surface area contributed by atoms with Crippen molar-refractivity contribution in [2.24, 2.45) is 0 Å². The summed E-state index contributed by atoms with van der Waals surface area (Å²) >= 11 is 0. The van der Waals surface area contributed by atoms with Crippen molar-refractivity contribution in [1.82, 2.24) is 0 Å². The fourth-order valence-electron chi connectivity index (χ4n) is 8.17. The van der Waals surface area contributed by atoms with Crippen LogP contribution >= 0.6 is 0 Å². The Morgan fingerprint density at radius 2 is 0.835 bits per heavy atom. The van der Waals surface area contributed by atoms with E-state index in [1.165, 1.54) is 19.3 Å². The lowest BCUT2D eigenvalue weighted by Gasteiger charge is -2.40. The molecule has 1 aliphatic heterocycles. The third kappa shape index (κ3) is 43.4. The highest BCUT2D eigenvalue weighted by Crippen LogP contribution is 2.26. The largest absolute Gasteiger partial charge is 0.479 e. The third-order valence-electron chi connectivity index (χ3n) is 12.7. The van der Waals surface area contributed by atoms with Crippen LogP contribution in [-0.2, 0) is 42.9 Å². The molecule has 6 atom stereocenters. The number of allylic oxidation sites excluding steroid dienone is 21. The van der Waals surface area contributed by atoms with E-state index < -0.39 is 67.3 Å². The monoisotopic (exact) mass is 1100 g/mol. The maximum absolute atomic E-state index is 13.2. The lowest BCUT2D eigenvalue weighted by molar-refractivity contribution is -0.301. The zero-order valence-electron chi connectivity index (χ0n) is 48.8. The average Bonchev–Trinajstić information content (AvgIpc) is 3.44. The number of hydrogen-bond acceptors (Lipinski definition) is 11. The predicted molar refractivity (Wildman–Crippen MR) is 321 cm³/mol. The summed E-state index contributed by atoms with van der Waals surface area (Å²) in [5.41, 5.74) is 0. The van der Waals surface area contributed by atoms with E-state index >= 15 is 0 Å². The van der Waals surface area contributed by atoms with Crippen molar-refractivity contribution in [1.29, 1.82) is 0 Å². The molecule has 1 rings (SSSR count). The van der Waals surface area contributed by atoms with E-state index in [1.54, 1.807) is 12.2 Å². The minimum absolute atomic E-state index is 0.125. The molecule has 12 heteroatoms. The normalized spacial score (nSPS) is 18.8. The molecule has 1 aliphatic rings. The number of carbonyl (C=O) groups excluding carboxylic acids is 3. The Balaban J connectivity index is 2.75. The molecular weight excluding hydrogens is 997 g/mol. The first-order valence-electron chi connectivity index (χ1n) is 30.2. The van der Waals surface area contributed by atoms with Crippen LogP contribution < -0.4 is 0 Å². The van der Waals surface area contributed by atoms with Crippen molar-refractivity contribution in [3.8, 4) is 0 Å². The lowest BCUT2D eigenvalue weighted by Crippen LogP contribution is -2.61. The van der Waals surface area contributed by atoms with Crippen LogP contribution in [0.3, 0.4) is 0 Å². The first kappa shape index (κ1) is 71.9. The van der Waals surface area contributed by atoms with Crippen LogP contribution in [0.5, 0.6) is 0 Å². The molecule has 12 nitrogen and oxygen atoms in total. The summed E-state index contributed by atoms with van der Waals surface area (Å²) in [6.45, 7) is 5.66. The fourth-order valence-corrected chi connectivity index (χ4v) is 8.17. The first-order chi connectivity index (χ1) is 38.6. The third-order valence-corrected chi connectivity index (χ3v) is 12.7. The number of carboxylic acid groups (broad SMARTS) is 1. The number of carbonyl (C=O) groups is 4. The molecular formula is C67H104O12. The summed E-state index contributed by atoms with van der Waals surface area (Å²) in [4.78, 5) is 51.1. The summed E-state index contributed by atoms with van der Waals surface area (Å²) in [6.07, 6.45) is 63.0. The Morgan fingerprint density at radius 1 is 0.443 bits per heavy atom. The highest BCUT2D eigenvalue weighted by Gasteiger charge is 2.50. The molecule has 0 spiro atoms. The number of ether oxygens (including phenoxy) is 5. The molecule has 0 aromatic carbocycles. The zero-order chi connectivity index (χ0) is 57.5. The number of hydrogen-bond donors (Lipinski definition) is 3. The van der Waals surface area contributed by atoms with Gasteiger partial charge < -0.3 is 39.0 Å². The minimum atomic E-state index is -1.95. The Hall–Kier alpha value is -5.14. The summed E-state index contributed by atoms with van der Waals surface area (Å²) in [6, 6.07) is 0. The van der Waals surface area contributed by atoms with Gasteiger partial charge in [-0.05, 0) is 116 Å². The standard InChI is InChI=1S/C67H104O12/c1-4-7-10-13-16-19-22-25-28-29-30-31-34-35-38-41-44-47-50-53-59(68)75-56-58(77-60(69)54-51-48-45-42-39-36-32-26-23-20-17-14-11-8-5-2)57-76-67-65(63(72)62(71)64(79-67)66(73)74)78-61(70)55-52-49-46-43-40-37-33-27-24-21-18-15-12-9-6-3/h7,9-10,12,16-21,25-28,30-33,40,43,49,52,58,62-65,67,71-72H,4-6,8,11,13-15,22-24,29,34-39,41-42,44-48,50-51,53-57H2,1-3H3,(H,73,74)/b10-7-,12-9-,19-16-,20-17-,21-18-,28-25-,31-30-,32-26-,33-27-,43-40-,52-49-. The smallest absolute Gasteiger partial charge is 0.335 e. The number of aliphatic hydroxyl groups excluding tert-OH is 2. The van der Waals surface area contributed by atoms with Crippen LogP contribution in [0.15, 0.2) is 134 Å². The Bertz CT molecular complexity index is 1880. The van der Waals surface area contributed by atoms with Crippen molar-refractivity contribution in [3.05, 3.63) is 134 Å². The van der Waals surface area contributed by atoms with Crippen molar-refractivity contribution >= 4 is 23.9 Å². The molecule has 1 heterocycles. The Labute approximate surface area is 477 Å². The molecule has 0 aromatic heterocycles. The van der Waals surface area contributed by atoms with Crippen LogP contribution in [-0.4, -0.2) is 89.2 Å². The number of esters is 3. The van der Waals surface area contributed by atoms with Crippen molar-refractivity contribution < 1.29 is 58.2 Å². The van der Waals surface area contributed by atoms with Crippen molar-refractivity contribution in [2.75, 3.05) is 13.2 Å². The number of unbranched alkanes of at least 4 members (excludes halogenated alkanes) is 14. The van der Waals surface area contributed by atoms with Crippen LogP contribution in [0, 0.1) is 0 Å². The van der Waals surface area contributed by atoms with E-state index in [1.807, 2.05) is 12.2 Å². The molecule has 79 heavy (non-hydrogen) atoms. The van der Waals surface area contributed by atoms with E-state index in [-0.39, 0.29) is 25.9 Å². The zero-order valence-corrected chi connectivity index (χ0v) is 48.8. The van der Waals surface area contributed by atoms with Crippen molar-refractivity contribution in [2.45, 2.75) is 250 Å². The van der Waals surface area contributed by atoms with Gasteiger partial charge in [0.2, 0.25) is 0 Å². The molecule has 0 bridgehead atoms. The van der Waals surface area contributed by atoms with E-state index in [0.717, 1.165) is 135 Å². The van der Waals surface area contributed by atoms with Crippen LogP contribution in [0.2, 0.25) is 0 Å². The molecule has 1 saturated heterocycles. The summed E-state index contributed by atoms with van der Waals surface area (Å²) < 4.78 is 28.3. The van der Waals surface area contributed by atoms with Gasteiger partial charge in [-0.15, -0.1) is 0 Å². The van der Waals surface area contributed by atoms with E-state index in [2.05, 4.69) is 130 Å². The van der Waals surface area contributed by atoms with Gasteiger partial charge in [0, 0.05) is 12.8 Å². The van der Waals surface area contributed by atoms with E-state index in [0.29, 0.717) is 19.3 Å². The first-order valence-corrected chi connectivity index (χ1v) is 30.2. The Morgan fingerprint density at radius 3 is 1.28 bits per heavy atom. The second-order valence-corrected chi connectivity index (χ2v) is 19.9. The van der Waals surface area contributed by atoms with Gasteiger partial charge in [-0.1, -0.05) is 212 Å². The molecule has 3 N–H and O–H groups in total. The maximum atomic E-state index is 13.2. The SMILES string of the molecule is CC/C=C\C/C=C\C/C=C\C/C=C\C/C=C\CC(=O)OC1C(OCC(COC(=O)CCCCCCCC/C=C\C/C=C\C/C=C\C/C=C\CC)OC(=O)CCCCCCC/C=C\C/C=C\CCCCC)OC(C(=O)O)C(O)C1O. The molecule has 1 fully saturated rings. The second-order valence-electron chi connectivity index (χ2n) is 19.9. The van der Waals surface area contributed by atoms with Gasteiger partial charge in [-0.3, -0.25) is 14.4 Å². The van der Waals surface area contributed by atoms with E-state index in [9.17, 15) is 34.5 Å². The molecule has 0 aliphatic carbocycles. The van der Waals surface area contributed by atoms with Crippen LogP contribution in [0.4, 0.5) is 0 Å². The van der Waals surface area contributed by atoms with Gasteiger partial charge in [-0.2, -0.15) is 0 Å². The summed E-state index contributed by atoms with van der Waals surface area (Å²) in [5.74, 6) is -3.34. The quantitative estimate of drug-likeness (QED) is 0.0228. The van der Waals surface area contributed by atoms with Gasteiger partial charge >= 0.3 is 23.9 Å². The molecule has 0 amide bonds. The molecule has 0 saturated carbocycles. The molecule has 444 valence electrons. The number of carboxylic acids is 1. The van der Waals surface area contributed by atoms with Gasteiger partial charge in [0.1, 0.15) is 18.8 Å². The van der Waals surface area contributed by atoms with Crippen LogP contribution in [0.1, 0.15) is 213 Å². The maximum Gasteiger partial charge on any atom is 0.335 e. The highest BCUT2D eigenvalue weighted by molar-refractivity contribution is 5.74. The Kier molecular flexibility index (Phi) is 48.7.